The van der Waals surface area contributed by atoms with E-state index in [1.807, 2.05) is 38.1 Å². The van der Waals surface area contributed by atoms with Crippen LogP contribution in [0.3, 0.4) is 0 Å². The third-order valence-corrected chi connectivity index (χ3v) is 3.04. The molecule has 1 atom stereocenters. The van der Waals surface area contributed by atoms with Gasteiger partial charge in [-0.05, 0) is 43.7 Å². The van der Waals surface area contributed by atoms with E-state index in [1.54, 1.807) is 18.2 Å². The summed E-state index contributed by atoms with van der Waals surface area (Å²) in [6, 6.07) is 13.5. The number of para-hydroxylation sites is 1. The van der Waals surface area contributed by atoms with Crippen LogP contribution in [-0.4, -0.2) is 17.8 Å². The van der Waals surface area contributed by atoms with Crippen LogP contribution in [0, 0.1) is 5.82 Å². The van der Waals surface area contributed by atoms with Gasteiger partial charge in [0.25, 0.3) is 0 Å². The van der Waals surface area contributed by atoms with Gasteiger partial charge in [0.1, 0.15) is 11.6 Å². The maximum absolute atomic E-state index is 13.6. The quantitative estimate of drug-likeness (QED) is 0.851. The minimum atomic E-state index is -0.366. The first kappa shape index (κ1) is 15.3. The second-order valence-electron chi connectivity index (χ2n) is 5.09. The average molecular weight is 289 g/mol. The summed E-state index contributed by atoms with van der Waals surface area (Å²) in [4.78, 5) is 0. The lowest BCUT2D eigenvalue weighted by Gasteiger charge is -2.19. The van der Waals surface area contributed by atoms with Gasteiger partial charge in [-0.3, -0.25) is 0 Å². The minimum absolute atomic E-state index is 0.112. The molecule has 0 radical (unpaired) electrons. The fraction of sp³-hybridized carbons (Fsp3) is 0.294. The smallest absolute Gasteiger partial charge is 0.146 e. The van der Waals surface area contributed by atoms with E-state index in [-0.39, 0.29) is 24.6 Å². The number of aliphatic hydroxyl groups excluding tert-OH is 1. The van der Waals surface area contributed by atoms with Crippen LogP contribution in [0.2, 0.25) is 0 Å². The van der Waals surface area contributed by atoms with E-state index >= 15 is 0 Å². The van der Waals surface area contributed by atoms with Crippen molar-refractivity contribution in [1.29, 1.82) is 0 Å². The van der Waals surface area contributed by atoms with E-state index in [0.717, 1.165) is 11.3 Å². The molecule has 112 valence electrons. The first-order valence-electron chi connectivity index (χ1n) is 6.98. The molecular weight excluding hydrogens is 269 g/mol. The molecule has 2 rings (SSSR count). The Hall–Kier alpha value is -2.07. The lowest BCUT2D eigenvalue weighted by Crippen LogP contribution is -2.15. The Bertz CT molecular complexity index is 569. The monoisotopic (exact) mass is 289 g/mol. The molecule has 0 saturated carbocycles. The number of ether oxygens (including phenoxy) is 1. The molecule has 0 aliphatic heterocycles. The summed E-state index contributed by atoms with van der Waals surface area (Å²) < 4.78 is 19.2. The Kier molecular flexibility index (Phi) is 5.17. The molecule has 3 nitrogen and oxygen atoms in total. The number of rotatable bonds is 6. The predicted octanol–water partition coefficient (Wildman–Crippen LogP) is 3.76. The highest BCUT2D eigenvalue weighted by Crippen LogP contribution is 2.23. The van der Waals surface area contributed by atoms with Crippen LogP contribution in [0.4, 0.5) is 10.1 Å². The fourth-order valence-corrected chi connectivity index (χ4v) is 2.05. The largest absolute Gasteiger partial charge is 0.491 e. The van der Waals surface area contributed by atoms with E-state index < -0.39 is 0 Å². The van der Waals surface area contributed by atoms with Gasteiger partial charge in [0.05, 0.1) is 24.4 Å². The number of aliphatic hydroxyl groups is 1. The van der Waals surface area contributed by atoms with Crippen LogP contribution in [0.15, 0.2) is 48.5 Å². The molecule has 0 aliphatic carbocycles. The fourth-order valence-electron chi connectivity index (χ4n) is 2.05. The molecule has 1 unspecified atom stereocenters. The summed E-state index contributed by atoms with van der Waals surface area (Å²) in [5, 5.41) is 12.5. The highest BCUT2D eigenvalue weighted by molar-refractivity contribution is 5.47. The predicted molar refractivity (Wildman–Crippen MR) is 82.1 cm³/mol. The van der Waals surface area contributed by atoms with Crippen LogP contribution in [0.1, 0.15) is 25.5 Å². The summed E-state index contributed by atoms with van der Waals surface area (Å²) in [5.41, 5.74) is 1.25. The summed E-state index contributed by atoms with van der Waals surface area (Å²) in [7, 11) is 0. The third-order valence-electron chi connectivity index (χ3n) is 3.04. The summed E-state index contributed by atoms with van der Waals surface area (Å²) in [5.74, 6) is 0.437. The maximum Gasteiger partial charge on any atom is 0.146 e. The molecule has 2 aromatic carbocycles. The molecule has 2 N–H and O–H groups in total. The number of halogens is 1. The van der Waals surface area contributed by atoms with Crippen LogP contribution >= 0.6 is 0 Å². The number of anilines is 1. The Morgan fingerprint density at radius 3 is 2.33 bits per heavy atom. The van der Waals surface area contributed by atoms with Crippen molar-refractivity contribution in [3.8, 4) is 5.75 Å². The molecule has 21 heavy (non-hydrogen) atoms. The molecule has 0 fully saturated rings. The van der Waals surface area contributed by atoms with Gasteiger partial charge in [-0.25, -0.2) is 4.39 Å². The van der Waals surface area contributed by atoms with E-state index in [2.05, 4.69) is 5.32 Å². The number of hydrogen-bond donors (Lipinski definition) is 2. The molecular formula is C17H20FNO2. The van der Waals surface area contributed by atoms with Gasteiger partial charge in [-0.1, -0.05) is 24.3 Å². The average Bonchev–Trinajstić information content (AvgIpc) is 2.47. The lowest BCUT2D eigenvalue weighted by molar-refractivity contribution is 0.242. The van der Waals surface area contributed by atoms with Crippen molar-refractivity contribution in [1.82, 2.24) is 0 Å². The van der Waals surface area contributed by atoms with Crippen molar-refractivity contribution < 1.29 is 14.2 Å². The topological polar surface area (TPSA) is 41.5 Å². The van der Waals surface area contributed by atoms with E-state index in [0.29, 0.717) is 5.69 Å². The molecule has 0 heterocycles. The second-order valence-corrected chi connectivity index (χ2v) is 5.09. The zero-order chi connectivity index (χ0) is 15.2. The SMILES string of the molecule is CC(C)Oc1ccc(C(CO)Nc2ccccc2F)cc1. The van der Waals surface area contributed by atoms with Gasteiger partial charge in [-0.15, -0.1) is 0 Å². The maximum atomic E-state index is 13.6. The van der Waals surface area contributed by atoms with Crippen LogP contribution in [0.25, 0.3) is 0 Å². The van der Waals surface area contributed by atoms with E-state index in [9.17, 15) is 9.50 Å². The Labute approximate surface area is 124 Å². The van der Waals surface area contributed by atoms with Crippen molar-refractivity contribution in [3.63, 3.8) is 0 Å². The highest BCUT2D eigenvalue weighted by Gasteiger charge is 2.12. The first-order chi connectivity index (χ1) is 10.1. The number of benzene rings is 2. The van der Waals surface area contributed by atoms with Gasteiger partial charge < -0.3 is 15.2 Å². The molecule has 0 aliphatic rings. The molecule has 2 aromatic rings. The van der Waals surface area contributed by atoms with Crippen LogP contribution < -0.4 is 10.1 Å². The summed E-state index contributed by atoms with van der Waals surface area (Å²) in [6.45, 7) is 3.80. The molecule has 4 heteroatoms. The minimum Gasteiger partial charge on any atom is -0.491 e. The highest BCUT2D eigenvalue weighted by atomic mass is 19.1. The summed E-state index contributed by atoms with van der Waals surface area (Å²) in [6.07, 6.45) is 0.112. The third kappa shape index (κ3) is 4.20. The van der Waals surface area contributed by atoms with E-state index in [4.69, 9.17) is 4.74 Å². The van der Waals surface area contributed by atoms with Crippen molar-refractivity contribution in [2.45, 2.75) is 26.0 Å². The lowest BCUT2D eigenvalue weighted by atomic mass is 10.1. The number of hydrogen-bond acceptors (Lipinski definition) is 3. The van der Waals surface area contributed by atoms with Crippen molar-refractivity contribution in [2.24, 2.45) is 0 Å². The van der Waals surface area contributed by atoms with Crippen molar-refractivity contribution in [3.05, 3.63) is 59.9 Å². The van der Waals surface area contributed by atoms with Gasteiger partial charge in [0.2, 0.25) is 0 Å². The van der Waals surface area contributed by atoms with Gasteiger partial charge in [-0.2, -0.15) is 0 Å². The number of nitrogens with one attached hydrogen (secondary N) is 1. The second kappa shape index (κ2) is 7.09. The normalized spacial score (nSPS) is 12.2. The van der Waals surface area contributed by atoms with Crippen molar-refractivity contribution >= 4 is 5.69 Å². The van der Waals surface area contributed by atoms with Gasteiger partial charge in [0, 0.05) is 0 Å². The molecule has 0 bridgehead atoms. The Morgan fingerprint density at radius 2 is 1.76 bits per heavy atom. The van der Waals surface area contributed by atoms with Crippen LogP contribution in [0.5, 0.6) is 5.75 Å². The van der Waals surface area contributed by atoms with Crippen LogP contribution in [-0.2, 0) is 0 Å². The zero-order valence-corrected chi connectivity index (χ0v) is 12.2. The van der Waals surface area contributed by atoms with Gasteiger partial charge >= 0.3 is 0 Å². The zero-order valence-electron chi connectivity index (χ0n) is 12.2. The molecule has 0 aromatic heterocycles. The van der Waals surface area contributed by atoms with Gasteiger partial charge in [0.15, 0.2) is 0 Å². The first-order valence-corrected chi connectivity index (χ1v) is 6.98. The van der Waals surface area contributed by atoms with E-state index in [1.165, 1.54) is 6.07 Å². The Morgan fingerprint density at radius 1 is 1.10 bits per heavy atom. The molecule has 0 saturated heterocycles. The Balaban J connectivity index is 2.12. The molecule has 0 spiro atoms. The van der Waals surface area contributed by atoms with Crippen molar-refractivity contribution in [2.75, 3.05) is 11.9 Å². The molecule has 0 amide bonds. The summed E-state index contributed by atoms with van der Waals surface area (Å²) >= 11 is 0. The standard InChI is InChI=1S/C17H20FNO2/c1-12(2)21-14-9-7-13(8-10-14)17(11-20)19-16-6-4-3-5-15(16)18/h3-10,12,17,19-20H,11H2,1-2H3.